The van der Waals surface area contributed by atoms with Crippen LogP contribution in [0.4, 0.5) is 0 Å². The third-order valence-corrected chi connectivity index (χ3v) is 4.23. The summed E-state index contributed by atoms with van der Waals surface area (Å²) in [5.74, 6) is 0. The number of aromatic nitrogens is 1. The summed E-state index contributed by atoms with van der Waals surface area (Å²) in [5.41, 5.74) is 4.06. The molecule has 0 bridgehead atoms. The van der Waals surface area contributed by atoms with Crippen LogP contribution in [0.25, 0.3) is 10.9 Å². The predicted octanol–water partition coefficient (Wildman–Crippen LogP) is 4.48. The molecule has 1 aromatic heterocycles. The van der Waals surface area contributed by atoms with E-state index in [9.17, 15) is 0 Å². The standard InChI is InChI=1S/C10H20N2.C9H7N/c1-5-10-9(4)11(6-2)8-12(10)7-3;1-2-6-9-8(4-1)5-3-7-10-9/h5-8H2,1-4H3;1-7H. The highest BCUT2D eigenvalue weighted by Crippen LogP contribution is 2.24. The summed E-state index contributed by atoms with van der Waals surface area (Å²) in [5, 5.41) is 1.20. The molecule has 0 atom stereocenters. The van der Waals surface area contributed by atoms with E-state index in [1.807, 2.05) is 30.5 Å². The summed E-state index contributed by atoms with van der Waals surface area (Å²) in [6.45, 7) is 12.3. The first kappa shape index (κ1) is 16.3. The smallest absolute Gasteiger partial charge is 0.0898 e. The van der Waals surface area contributed by atoms with Crippen molar-refractivity contribution in [2.24, 2.45) is 0 Å². The van der Waals surface area contributed by atoms with Crippen LogP contribution in [0.5, 0.6) is 0 Å². The molecule has 0 unspecified atom stereocenters. The van der Waals surface area contributed by atoms with Crippen LogP contribution in [0, 0.1) is 0 Å². The Bertz CT molecular complexity index is 568. The third-order valence-electron chi connectivity index (χ3n) is 4.23. The molecule has 0 saturated heterocycles. The van der Waals surface area contributed by atoms with Gasteiger partial charge in [0.25, 0.3) is 0 Å². The summed E-state index contributed by atoms with van der Waals surface area (Å²) in [4.78, 5) is 9.07. The fourth-order valence-electron chi connectivity index (χ4n) is 2.93. The Morgan fingerprint density at radius 2 is 1.64 bits per heavy atom. The average Bonchev–Trinajstić information content (AvgIpc) is 2.90. The molecular formula is C19H27N3. The van der Waals surface area contributed by atoms with Gasteiger partial charge in [-0.05, 0) is 39.3 Å². The van der Waals surface area contributed by atoms with E-state index < -0.39 is 0 Å². The lowest BCUT2D eigenvalue weighted by molar-refractivity contribution is 0.260. The lowest BCUT2D eigenvalue weighted by Gasteiger charge is -2.21. The zero-order valence-electron chi connectivity index (χ0n) is 14.2. The minimum Gasteiger partial charge on any atom is -0.356 e. The van der Waals surface area contributed by atoms with Crippen LogP contribution in [0.3, 0.4) is 0 Å². The minimum absolute atomic E-state index is 1.06. The maximum absolute atomic E-state index is 4.18. The number of pyridine rings is 1. The second-order valence-corrected chi connectivity index (χ2v) is 5.44. The van der Waals surface area contributed by atoms with Crippen molar-refractivity contribution >= 4 is 10.9 Å². The number of para-hydroxylation sites is 1. The van der Waals surface area contributed by atoms with Gasteiger partial charge in [0.15, 0.2) is 0 Å². The molecule has 0 aliphatic carbocycles. The molecule has 1 aliphatic rings. The monoisotopic (exact) mass is 297 g/mol. The van der Waals surface area contributed by atoms with Gasteiger partial charge < -0.3 is 9.80 Å². The highest BCUT2D eigenvalue weighted by Gasteiger charge is 2.21. The molecule has 2 aromatic rings. The SMILES string of the molecule is CCC1=C(C)N(CC)CN1CC.c1ccc2ncccc2c1. The molecule has 1 aromatic carbocycles. The van der Waals surface area contributed by atoms with Gasteiger partial charge in [-0.1, -0.05) is 31.2 Å². The van der Waals surface area contributed by atoms with Crippen LogP contribution < -0.4 is 0 Å². The Morgan fingerprint density at radius 3 is 2.23 bits per heavy atom. The molecule has 1 aliphatic heterocycles. The molecule has 2 heterocycles. The van der Waals surface area contributed by atoms with Crippen LogP contribution >= 0.6 is 0 Å². The Labute approximate surface area is 134 Å². The predicted molar refractivity (Wildman–Crippen MR) is 94.4 cm³/mol. The van der Waals surface area contributed by atoms with Gasteiger partial charge in [0.05, 0.1) is 12.2 Å². The van der Waals surface area contributed by atoms with E-state index in [2.05, 4.69) is 54.6 Å². The van der Waals surface area contributed by atoms with Gasteiger partial charge >= 0.3 is 0 Å². The minimum atomic E-state index is 1.06. The van der Waals surface area contributed by atoms with E-state index in [0.29, 0.717) is 0 Å². The molecule has 0 amide bonds. The van der Waals surface area contributed by atoms with Crippen molar-refractivity contribution in [2.75, 3.05) is 19.8 Å². The van der Waals surface area contributed by atoms with Gasteiger partial charge in [0, 0.05) is 36.1 Å². The Balaban J connectivity index is 0.000000162. The lowest BCUT2D eigenvalue weighted by Crippen LogP contribution is -2.27. The summed E-state index contributed by atoms with van der Waals surface area (Å²) in [7, 11) is 0. The lowest BCUT2D eigenvalue weighted by atomic mass is 10.2. The molecule has 0 saturated carbocycles. The molecule has 3 heteroatoms. The van der Waals surface area contributed by atoms with Crippen molar-refractivity contribution in [3.63, 3.8) is 0 Å². The van der Waals surface area contributed by atoms with Crippen LogP contribution in [-0.2, 0) is 0 Å². The molecule has 0 N–H and O–H groups in total. The number of nitrogens with zero attached hydrogens (tertiary/aromatic N) is 3. The summed E-state index contributed by atoms with van der Waals surface area (Å²) >= 11 is 0. The molecule has 0 radical (unpaired) electrons. The van der Waals surface area contributed by atoms with E-state index in [1.165, 1.54) is 16.8 Å². The highest BCUT2D eigenvalue weighted by atomic mass is 15.4. The van der Waals surface area contributed by atoms with Gasteiger partial charge in [0.1, 0.15) is 0 Å². The Hall–Kier alpha value is -2.03. The van der Waals surface area contributed by atoms with Gasteiger partial charge in [-0.3, -0.25) is 4.98 Å². The highest BCUT2D eigenvalue weighted by molar-refractivity contribution is 5.77. The first-order chi connectivity index (χ1) is 10.7. The maximum Gasteiger partial charge on any atom is 0.0898 e. The quantitative estimate of drug-likeness (QED) is 0.833. The van der Waals surface area contributed by atoms with E-state index in [4.69, 9.17) is 0 Å². The number of fused-ring (bicyclic) bond motifs is 1. The molecular weight excluding hydrogens is 270 g/mol. The molecule has 3 rings (SSSR count). The average molecular weight is 297 g/mol. The third kappa shape index (κ3) is 3.59. The van der Waals surface area contributed by atoms with Crippen molar-refractivity contribution in [3.8, 4) is 0 Å². The van der Waals surface area contributed by atoms with Crippen LogP contribution in [-0.4, -0.2) is 34.5 Å². The summed E-state index contributed by atoms with van der Waals surface area (Å²) < 4.78 is 0. The fourth-order valence-corrected chi connectivity index (χ4v) is 2.93. The maximum atomic E-state index is 4.18. The first-order valence-electron chi connectivity index (χ1n) is 8.20. The van der Waals surface area contributed by atoms with Crippen LogP contribution in [0.2, 0.25) is 0 Å². The summed E-state index contributed by atoms with van der Waals surface area (Å²) in [6, 6.07) is 12.1. The number of hydrogen-bond donors (Lipinski definition) is 0. The largest absolute Gasteiger partial charge is 0.356 e. The van der Waals surface area contributed by atoms with Crippen molar-refractivity contribution in [1.29, 1.82) is 0 Å². The van der Waals surface area contributed by atoms with Crippen molar-refractivity contribution in [3.05, 3.63) is 54.0 Å². The van der Waals surface area contributed by atoms with Crippen LogP contribution in [0.15, 0.2) is 54.0 Å². The Morgan fingerprint density at radius 1 is 0.955 bits per heavy atom. The number of rotatable bonds is 3. The normalized spacial score (nSPS) is 14.4. The van der Waals surface area contributed by atoms with Gasteiger partial charge in [-0.15, -0.1) is 0 Å². The fraction of sp³-hybridized carbons (Fsp3) is 0.421. The zero-order valence-corrected chi connectivity index (χ0v) is 14.2. The molecule has 0 fully saturated rings. The second-order valence-electron chi connectivity index (χ2n) is 5.44. The van der Waals surface area contributed by atoms with Crippen LogP contribution in [0.1, 0.15) is 34.1 Å². The number of allylic oxidation sites excluding steroid dienone is 2. The number of hydrogen-bond acceptors (Lipinski definition) is 3. The zero-order chi connectivity index (χ0) is 15.9. The van der Waals surface area contributed by atoms with E-state index in [0.717, 1.165) is 31.7 Å². The molecule has 118 valence electrons. The second kappa shape index (κ2) is 7.83. The topological polar surface area (TPSA) is 19.4 Å². The van der Waals surface area contributed by atoms with Gasteiger partial charge in [-0.25, -0.2) is 0 Å². The first-order valence-corrected chi connectivity index (χ1v) is 8.20. The Kier molecular flexibility index (Phi) is 5.82. The van der Waals surface area contributed by atoms with Crippen molar-refractivity contribution in [1.82, 2.24) is 14.8 Å². The van der Waals surface area contributed by atoms with Gasteiger partial charge in [0.2, 0.25) is 0 Å². The molecule has 0 spiro atoms. The number of benzene rings is 1. The van der Waals surface area contributed by atoms with Gasteiger partial charge in [-0.2, -0.15) is 0 Å². The van der Waals surface area contributed by atoms with Crippen molar-refractivity contribution < 1.29 is 0 Å². The van der Waals surface area contributed by atoms with E-state index in [1.54, 1.807) is 0 Å². The van der Waals surface area contributed by atoms with E-state index >= 15 is 0 Å². The van der Waals surface area contributed by atoms with E-state index in [-0.39, 0.29) is 0 Å². The molecule has 3 nitrogen and oxygen atoms in total. The molecule has 22 heavy (non-hydrogen) atoms. The van der Waals surface area contributed by atoms with Crippen molar-refractivity contribution in [2.45, 2.75) is 34.1 Å². The summed E-state index contributed by atoms with van der Waals surface area (Å²) in [6.07, 6.45) is 2.97.